The van der Waals surface area contributed by atoms with Gasteiger partial charge in [-0.25, -0.2) is 4.98 Å². The molecule has 0 aliphatic heterocycles. The highest BCUT2D eigenvalue weighted by atomic mass is 16.5. The SMILES string of the molecule is CCCCCCCCC(O)c1cc(-c2cccnc2N)on1. The Kier molecular flexibility index (Phi) is 6.40. The van der Waals surface area contributed by atoms with E-state index in [-0.39, 0.29) is 0 Å². The summed E-state index contributed by atoms with van der Waals surface area (Å²) >= 11 is 0. The predicted molar refractivity (Wildman–Crippen MR) is 87.1 cm³/mol. The molecular weight excluding hydrogens is 278 g/mol. The molecule has 2 aromatic heterocycles. The molecule has 0 saturated carbocycles. The number of nitrogen functional groups attached to an aromatic ring is 1. The lowest BCUT2D eigenvalue weighted by Crippen LogP contribution is -1.97. The zero-order valence-electron chi connectivity index (χ0n) is 13.2. The van der Waals surface area contributed by atoms with Gasteiger partial charge in [0.15, 0.2) is 5.76 Å². The zero-order chi connectivity index (χ0) is 15.8. The second-order valence-electron chi connectivity index (χ2n) is 5.62. The molecule has 3 N–H and O–H groups in total. The van der Waals surface area contributed by atoms with Crippen LogP contribution in [0.3, 0.4) is 0 Å². The second-order valence-corrected chi connectivity index (χ2v) is 5.62. The van der Waals surface area contributed by atoms with Crippen molar-refractivity contribution in [2.75, 3.05) is 5.73 Å². The Balaban J connectivity index is 1.84. The van der Waals surface area contributed by atoms with Gasteiger partial charge in [-0.1, -0.05) is 50.6 Å². The molecule has 22 heavy (non-hydrogen) atoms. The number of nitrogens with two attached hydrogens (primary N) is 1. The Morgan fingerprint density at radius 3 is 2.77 bits per heavy atom. The summed E-state index contributed by atoms with van der Waals surface area (Å²) in [6.45, 7) is 2.21. The predicted octanol–water partition coefficient (Wildman–Crippen LogP) is 4.10. The van der Waals surface area contributed by atoms with Crippen LogP contribution in [0.25, 0.3) is 11.3 Å². The normalized spacial score (nSPS) is 12.5. The van der Waals surface area contributed by atoms with Crippen molar-refractivity contribution in [3.63, 3.8) is 0 Å². The fraction of sp³-hybridized carbons (Fsp3) is 0.529. The number of hydrogen-bond acceptors (Lipinski definition) is 5. The number of aliphatic hydroxyl groups is 1. The largest absolute Gasteiger partial charge is 0.387 e. The number of hydrogen-bond donors (Lipinski definition) is 2. The monoisotopic (exact) mass is 303 g/mol. The Bertz CT molecular complexity index is 569. The number of aliphatic hydroxyl groups excluding tert-OH is 1. The number of aromatic nitrogens is 2. The van der Waals surface area contributed by atoms with E-state index in [0.29, 0.717) is 29.3 Å². The molecule has 2 heterocycles. The number of unbranched alkanes of at least 4 members (excludes halogenated alkanes) is 5. The maximum Gasteiger partial charge on any atom is 0.170 e. The van der Waals surface area contributed by atoms with Crippen LogP contribution in [0.4, 0.5) is 5.82 Å². The van der Waals surface area contributed by atoms with E-state index in [2.05, 4.69) is 17.1 Å². The molecule has 1 atom stereocenters. The Labute approximate surface area is 131 Å². The van der Waals surface area contributed by atoms with Gasteiger partial charge in [0.25, 0.3) is 0 Å². The van der Waals surface area contributed by atoms with Crippen LogP contribution in [0.2, 0.25) is 0 Å². The second kappa shape index (κ2) is 8.54. The van der Waals surface area contributed by atoms with Crippen molar-refractivity contribution in [1.82, 2.24) is 10.1 Å². The molecule has 0 amide bonds. The smallest absolute Gasteiger partial charge is 0.170 e. The summed E-state index contributed by atoms with van der Waals surface area (Å²) in [4.78, 5) is 4.02. The first kappa shape index (κ1) is 16.5. The first-order valence-electron chi connectivity index (χ1n) is 8.08. The molecule has 0 spiro atoms. The highest BCUT2D eigenvalue weighted by Crippen LogP contribution is 2.28. The van der Waals surface area contributed by atoms with Crippen LogP contribution in [-0.4, -0.2) is 15.2 Å². The van der Waals surface area contributed by atoms with Crippen molar-refractivity contribution in [1.29, 1.82) is 0 Å². The van der Waals surface area contributed by atoms with E-state index in [1.807, 2.05) is 6.07 Å². The zero-order valence-corrected chi connectivity index (χ0v) is 13.2. The van der Waals surface area contributed by atoms with E-state index in [1.165, 1.54) is 25.7 Å². The summed E-state index contributed by atoms with van der Waals surface area (Å²) < 4.78 is 5.28. The standard InChI is InChI=1S/C17H25N3O2/c1-2-3-4-5-6-7-10-15(21)14-12-16(22-20-14)13-9-8-11-19-17(13)18/h8-9,11-12,15,21H,2-7,10H2,1H3,(H2,18,19). The maximum absolute atomic E-state index is 10.2. The van der Waals surface area contributed by atoms with Crippen molar-refractivity contribution in [2.24, 2.45) is 0 Å². The van der Waals surface area contributed by atoms with Crippen LogP contribution in [0.1, 0.15) is 63.7 Å². The number of nitrogens with zero attached hydrogens (tertiary/aromatic N) is 2. The molecule has 2 rings (SSSR count). The molecule has 120 valence electrons. The molecule has 1 unspecified atom stereocenters. The first-order chi connectivity index (χ1) is 10.7. The van der Waals surface area contributed by atoms with Crippen LogP contribution >= 0.6 is 0 Å². The minimum absolute atomic E-state index is 0.399. The van der Waals surface area contributed by atoms with E-state index >= 15 is 0 Å². The van der Waals surface area contributed by atoms with Crippen LogP contribution in [0.5, 0.6) is 0 Å². The minimum Gasteiger partial charge on any atom is -0.387 e. The summed E-state index contributed by atoms with van der Waals surface area (Å²) in [5.74, 6) is 0.943. The summed E-state index contributed by atoms with van der Waals surface area (Å²) in [5.41, 5.74) is 7.08. The van der Waals surface area contributed by atoms with Gasteiger partial charge in [0.05, 0.1) is 11.7 Å². The molecule has 0 saturated heterocycles. The first-order valence-corrected chi connectivity index (χ1v) is 8.08. The highest BCUT2D eigenvalue weighted by molar-refractivity contribution is 5.69. The van der Waals surface area contributed by atoms with Crippen LogP contribution < -0.4 is 5.73 Å². The summed E-state index contributed by atoms with van der Waals surface area (Å²) in [6, 6.07) is 5.36. The van der Waals surface area contributed by atoms with E-state index in [0.717, 1.165) is 12.8 Å². The molecule has 0 aliphatic rings. The van der Waals surface area contributed by atoms with E-state index < -0.39 is 6.10 Å². The topological polar surface area (TPSA) is 85.2 Å². The van der Waals surface area contributed by atoms with Gasteiger partial charge in [0.1, 0.15) is 11.5 Å². The molecular formula is C17H25N3O2. The van der Waals surface area contributed by atoms with E-state index in [4.69, 9.17) is 10.3 Å². The molecule has 0 bridgehead atoms. The number of anilines is 1. The Morgan fingerprint density at radius 1 is 1.23 bits per heavy atom. The van der Waals surface area contributed by atoms with Crippen molar-refractivity contribution >= 4 is 5.82 Å². The third-order valence-corrected chi connectivity index (χ3v) is 3.80. The van der Waals surface area contributed by atoms with E-state index in [9.17, 15) is 5.11 Å². The quantitative estimate of drug-likeness (QED) is 0.681. The van der Waals surface area contributed by atoms with Gasteiger partial charge < -0.3 is 15.4 Å². The Morgan fingerprint density at radius 2 is 2.00 bits per heavy atom. The van der Waals surface area contributed by atoms with Gasteiger partial charge in [-0.15, -0.1) is 0 Å². The maximum atomic E-state index is 10.2. The third-order valence-electron chi connectivity index (χ3n) is 3.80. The van der Waals surface area contributed by atoms with E-state index in [1.54, 1.807) is 18.3 Å². The van der Waals surface area contributed by atoms with Gasteiger partial charge in [-0.05, 0) is 18.6 Å². The van der Waals surface area contributed by atoms with Crippen molar-refractivity contribution in [2.45, 2.75) is 58.0 Å². The average Bonchev–Trinajstić information content (AvgIpc) is 3.01. The average molecular weight is 303 g/mol. The lowest BCUT2D eigenvalue weighted by molar-refractivity contribution is 0.153. The molecule has 0 radical (unpaired) electrons. The Hall–Kier alpha value is -1.88. The highest BCUT2D eigenvalue weighted by Gasteiger charge is 2.15. The molecule has 5 nitrogen and oxygen atoms in total. The van der Waals surface area contributed by atoms with Crippen LogP contribution in [0, 0.1) is 0 Å². The van der Waals surface area contributed by atoms with Gasteiger partial charge >= 0.3 is 0 Å². The summed E-state index contributed by atoms with van der Waals surface area (Å²) in [5, 5.41) is 14.1. The molecule has 0 fully saturated rings. The van der Waals surface area contributed by atoms with Crippen LogP contribution in [-0.2, 0) is 0 Å². The van der Waals surface area contributed by atoms with Crippen molar-refractivity contribution in [3.05, 3.63) is 30.1 Å². The summed E-state index contributed by atoms with van der Waals surface area (Å²) in [6.07, 6.45) is 8.96. The third kappa shape index (κ3) is 4.56. The van der Waals surface area contributed by atoms with Gasteiger partial charge in [-0.3, -0.25) is 0 Å². The molecule has 0 aliphatic carbocycles. The van der Waals surface area contributed by atoms with Gasteiger partial charge in [0, 0.05) is 12.3 Å². The van der Waals surface area contributed by atoms with Crippen LogP contribution in [0.15, 0.2) is 28.9 Å². The fourth-order valence-electron chi connectivity index (χ4n) is 2.46. The molecule has 0 aromatic carbocycles. The fourth-order valence-corrected chi connectivity index (χ4v) is 2.46. The lowest BCUT2D eigenvalue weighted by Gasteiger charge is -2.06. The number of rotatable bonds is 9. The lowest BCUT2D eigenvalue weighted by atomic mass is 10.0. The molecule has 5 heteroatoms. The van der Waals surface area contributed by atoms with Gasteiger partial charge in [0.2, 0.25) is 0 Å². The van der Waals surface area contributed by atoms with Crippen molar-refractivity contribution < 1.29 is 9.63 Å². The minimum atomic E-state index is -0.582. The van der Waals surface area contributed by atoms with Crippen molar-refractivity contribution in [3.8, 4) is 11.3 Å². The molecule has 2 aromatic rings. The summed E-state index contributed by atoms with van der Waals surface area (Å²) in [7, 11) is 0. The number of pyridine rings is 1. The van der Waals surface area contributed by atoms with Gasteiger partial charge in [-0.2, -0.15) is 0 Å².